The third-order valence-corrected chi connectivity index (χ3v) is 5.09. The van der Waals surface area contributed by atoms with E-state index in [2.05, 4.69) is 15.2 Å². The highest BCUT2D eigenvalue weighted by Crippen LogP contribution is 2.18. The van der Waals surface area contributed by atoms with E-state index in [0.29, 0.717) is 25.4 Å². The van der Waals surface area contributed by atoms with Gasteiger partial charge in [0.1, 0.15) is 17.5 Å². The Morgan fingerprint density at radius 2 is 1.91 bits per heavy atom. The van der Waals surface area contributed by atoms with Gasteiger partial charge in [-0.1, -0.05) is 31.5 Å². The number of nitrogens with zero attached hydrogens (tertiary/aromatic N) is 4. The standard InChI is InChI=1S/C24H27N5O3/c1-2-3-16-32-24(31)20-8-4-5-9-21(20)27-23(30)19(17-25)18-28-12-14-29(15-13-28)22-10-6-7-11-26-22/h4-11,18H,2-3,12-16H2,1H3,(H,27,30)/b19-18-. The second kappa shape index (κ2) is 11.5. The molecule has 3 rings (SSSR count). The van der Waals surface area contributed by atoms with Crippen molar-refractivity contribution in [1.29, 1.82) is 5.26 Å². The molecule has 1 aliphatic heterocycles. The molecular weight excluding hydrogens is 406 g/mol. The lowest BCUT2D eigenvalue weighted by molar-refractivity contribution is -0.112. The predicted molar refractivity (Wildman–Crippen MR) is 122 cm³/mol. The molecule has 0 bridgehead atoms. The summed E-state index contributed by atoms with van der Waals surface area (Å²) in [6, 6.07) is 14.4. The van der Waals surface area contributed by atoms with Crippen molar-refractivity contribution in [2.24, 2.45) is 0 Å². The van der Waals surface area contributed by atoms with E-state index in [-0.39, 0.29) is 11.1 Å². The zero-order valence-electron chi connectivity index (χ0n) is 18.2. The maximum absolute atomic E-state index is 12.7. The van der Waals surface area contributed by atoms with Gasteiger partial charge in [-0.15, -0.1) is 0 Å². The number of para-hydroxylation sites is 1. The van der Waals surface area contributed by atoms with Crippen molar-refractivity contribution in [3.63, 3.8) is 0 Å². The van der Waals surface area contributed by atoms with Gasteiger partial charge in [0.15, 0.2) is 0 Å². The molecule has 0 aliphatic carbocycles. The molecule has 8 nitrogen and oxygen atoms in total. The number of hydrogen-bond acceptors (Lipinski definition) is 7. The number of benzene rings is 1. The first-order chi connectivity index (χ1) is 15.6. The van der Waals surface area contributed by atoms with Gasteiger partial charge in [0.25, 0.3) is 5.91 Å². The van der Waals surface area contributed by atoms with Crippen molar-refractivity contribution >= 4 is 23.4 Å². The Morgan fingerprint density at radius 3 is 2.59 bits per heavy atom. The van der Waals surface area contributed by atoms with Crippen molar-refractivity contribution in [3.05, 3.63) is 66.0 Å². The summed E-state index contributed by atoms with van der Waals surface area (Å²) in [5.41, 5.74) is 0.559. The van der Waals surface area contributed by atoms with Crippen molar-refractivity contribution in [3.8, 4) is 6.07 Å². The van der Waals surface area contributed by atoms with Gasteiger partial charge in [-0.25, -0.2) is 9.78 Å². The fraction of sp³-hybridized carbons (Fsp3) is 0.333. The molecule has 1 amide bonds. The van der Waals surface area contributed by atoms with E-state index in [1.807, 2.05) is 36.1 Å². The van der Waals surface area contributed by atoms with Crippen LogP contribution in [0.1, 0.15) is 30.1 Å². The van der Waals surface area contributed by atoms with E-state index in [1.165, 1.54) is 0 Å². The molecule has 0 spiro atoms. The summed E-state index contributed by atoms with van der Waals surface area (Å²) in [5.74, 6) is -0.146. The molecule has 8 heteroatoms. The van der Waals surface area contributed by atoms with Crippen molar-refractivity contribution in [2.75, 3.05) is 43.0 Å². The van der Waals surface area contributed by atoms with Crippen LogP contribution < -0.4 is 10.2 Å². The van der Waals surface area contributed by atoms with E-state index >= 15 is 0 Å². The monoisotopic (exact) mass is 433 g/mol. The molecule has 32 heavy (non-hydrogen) atoms. The number of piperazine rings is 1. The van der Waals surface area contributed by atoms with E-state index in [1.54, 1.807) is 36.7 Å². The van der Waals surface area contributed by atoms with Crippen LogP contribution in [0.15, 0.2) is 60.4 Å². The third-order valence-electron chi connectivity index (χ3n) is 5.09. The second-order valence-corrected chi connectivity index (χ2v) is 7.35. The summed E-state index contributed by atoms with van der Waals surface area (Å²) in [6.45, 7) is 5.13. The number of nitriles is 1. The number of esters is 1. The number of aromatic nitrogens is 1. The minimum absolute atomic E-state index is 0.0227. The topological polar surface area (TPSA) is 98.6 Å². The van der Waals surface area contributed by atoms with Crippen LogP contribution in [-0.2, 0) is 9.53 Å². The average Bonchev–Trinajstić information content (AvgIpc) is 2.84. The number of pyridine rings is 1. The van der Waals surface area contributed by atoms with E-state index in [4.69, 9.17) is 4.74 Å². The molecule has 0 unspecified atom stereocenters. The quantitative estimate of drug-likeness (QED) is 0.295. The number of ether oxygens (including phenoxy) is 1. The molecular formula is C24H27N5O3. The molecule has 1 fully saturated rings. The van der Waals surface area contributed by atoms with Gasteiger partial charge in [-0.05, 0) is 30.7 Å². The third kappa shape index (κ3) is 6.08. The number of rotatable bonds is 8. The summed E-state index contributed by atoms with van der Waals surface area (Å²) >= 11 is 0. The Kier molecular flexibility index (Phi) is 8.21. The molecule has 1 aliphatic rings. The van der Waals surface area contributed by atoms with Crippen molar-refractivity contribution in [1.82, 2.24) is 9.88 Å². The van der Waals surface area contributed by atoms with Crippen molar-refractivity contribution in [2.45, 2.75) is 19.8 Å². The molecule has 1 saturated heterocycles. The first-order valence-corrected chi connectivity index (χ1v) is 10.7. The Balaban J connectivity index is 1.63. The molecule has 166 valence electrons. The molecule has 0 atom stereocenters. The van der Waals surface area contributed by atoms with Gasteiger partial charge in [0.05, 0.1) is 17.9 Å². The second-order valence-electron chi connectivity index (χ2n) is 7.35. The minimum atomic E-state index is -0.562. The zero-order valence-corrected chi connectivity index (χ0v) is 18.2. The van der Waals surface area contributed by atoms with E-state index in [0.717, 1.165) is 31.7 Å². The summed E-state index contributed by atoms with van der Waals surface area (Å²) in [7, 11) is 0. The summed E-state index contributed by atoms with van der Waals surface area (Å²) in [4.78, 5) is 33.6. The number of anilines is 2. The van der Waals surface area contributed by atoms with Crippen LogP contribution in [0.25, 0.3) is 0 Å². The SMILES string of the molecule is CCCCOC(=O)c1ccccc1NC(=O)/C(C#N)=C\N1CCN(c2ccccn2)CC1. The molecule has 1 N–H and O–H groups in total. The highest BCUT2D eigenvalue weighted by atomic mass is 16.5. The first-order valence-electron chi connectivity index (χ1n) is 10.7. The lowest BCUT2D eigenvalue weighted by Gasteiger charge is -2.34. The predicted octanol–water partition coefficient (Wildman–Crippen LogP) is 3.21. The van der Waals surface area contributed by atoms with Gasteiger partial charge in [-0.3, -0.25) is 4.79 Å². The van der Waals surface area contributed by atoms with E-state index < -0.39 is 11.9 Å². The summed E-state index contributed by atoms with van der Waals surface area (Å²) < 4.78 is 5.26. The van der Waals surface area contributed by atoms with Gasteiger partial charge in [0, 0.05) is 38.6 Å². The summed E-state index contributed by atoms with van der Waals surface area (Å²) in [5, 5.41) is 12.2. The van der Waals surface area contributed by atoms with Crippen LogP contribution in [0.3, 0.4) is 0 Å². The minimum Gasteiger partial charge on any atom is -0.462 e. The Morgan fingerprint density at radius 1 is 1.16 bits per heavy atom. The molecule has 0 radical (unpaired) electrons. The smallest absolute Gasteiger partial charge is 0.340 e. The number of hydrogen-bond donors (Lipinski definition) is 1. The molecule has 1 aromatic carbocycles. The van der Waals surface area contributed by atoms with Crippen LogP contribution in [0, 0.1) is 11.3 Å². The number of unbranched alkanes of at least 4 members (excludes halogenated alkanes) is 1. The lowest BCUT2D eigenvalue weighted by atomic mass is 10.1. The number of carbonyl (C=O) groups is 2. The first kappa shape index (κ1) is 22.8. The largest absolute Gasteiger partial charge is 0.462 e. The van der Waals surface area contributed by atoms with Crippen LogP contribution >= 0.6 is 0 Å². The highest BCUT2D eigenvalue weighted by molar-refractivity contribution is 6.09. The Hall–Kier alpha value is -3.86. The van der Waals surface area contributed by atoms with Gasteiger partial charge in [-0.2, -0.15) is 5.26 Å². The van der Waals surface area contributed by atoms with Crippen LogP contribution in [-0.4, -0.2) is 54.5 Å². The van der Waals surface area contributed by atoms with Crippen LogP contribution in [0.4, 0.5) is 11.5 Å². The molecule has 2 aromatic rings. The van der Waals surface area contributed by atoms with Crippen LogP contribution in [0.2, 0.25) is 0 Å². The number of carbonyl (C=O) groups excluding carboxylic acids is 2. The molecule has 0 saturated carbocycles. The van der Waals surface area contributed by atoms with Gasteiger partial charge >= 0.3 is 5.97 Å². The molecule has 2 heterocycles. The fourth-order valence-electron chi connectivity index (χ4n) is 3.29. The maximum atomic E-state index is 12.7. The van der Waals surface area contributed by atoms with Gasteiger partial charge in [0.2, 0.25) is 0 Å². The van der Waals surface area contributed by atoms with Crippen LogP contribution in [0.5, 0.6) is 0 Å². The van der Waals surface area contributed by atoms with Gasteiger partial charge < -0.3 is 19.9 Å². The lowest BCUT2D eigenvalue weighted by Crippen LogP contribution is -2.44. The zero-order chi connectivity index (χ0) is 22.8. The Labute approximate surface area is 188 Å². The average molecular weight is 434 g/mol. The van der Waals surface area contributed by atoms with E-state index in [9.17, 15) is 14.9 Å². The van der Waals surface area contributed by atoms with Crippen molar-refractivity contribution < 1.29 is 14.3 Å². The maximum Gasteiger partial charge on any atom is 0.340 e. The highest BCUT2D eigenvalue weighted by Gasteiger charge is 2.20. The normalized spacial score (nSPS) is 13.9. The summed E-state index contributed by atoms with van der Waals surface area (Å²) in [6.07, 6.45) is 5.03. The number of amides is 1. The Bertz CT molecular complexity index is 992. The number of nitrogens with one attached hydrogen (secondary N) is 1. The molecule has 1 aromatic heterocycles. The fourth-order valence-corrected chi connectivity index (χ4v) is 3.29.